The Bertz CT molecular complexity index is 503. The lowest BCUT2D eigenvalue weighted by Crippen LogP contribution is -2.44. The van der Waals surface area contributed by atoms with Gasteiger partial charge in [0, 0.05) is 13.6 Å². The molecule has 0 aromatic heterocycles. The number of nitrogens with zero attached hydrogens (tertiary/aromatic N) is 2. The Morgan fingerprint density at radius 1 is 1.38 bits per heavy atom. The summed E-state index contributed by atoms with van der Waals surface area (Å²) in [6.07, 6.45) is 0. The van der Waals surface area contributed by atoms with E-state index in [0.717, 1.165) is 24.3 Å². The number of anilines is 1. The minimum atomic E-state index is -0.400. The minimum Gasteiger partial charge on any atom is -0.394 e. The van der Waals surface area contributed by atoms with Gasteiger partial charge < -0.3 is 15.3 Å². The molecule has 0 amide bonds. The second-order valence-electron chi connectivity index (χ2n) is 6.52. The first-order valence-corrected chi connectivity index (χ1v) is 7.40. The van der Waals surface area contributed by atoms with Gasteiger partial charge in [0.2, 0.25) is 0 Å². The molecule has 0 fully saturated rings. The Kier molecular flexibility index (Phi) is 6.19. The van der Waals surface area contributed by atoms with Crippen molar-refractivity contribution in [2.45, 2.75) is 39.8 Å². The fourth-order valence-corrected chi connectivity index (χ4v) is 2.01. The van der Waals surface area contributed by atoms with E-state index in [9.17, 15) is 10.4 Å². The molecule has 1 aromatic carbocycles. The normalized spacial score (nSPS) is 11.5. The van der Waals surface area contributed by atoms with Crippen LogP contribution < -0.4 is 10.2 Å². The summed E-state index contributed by atoms with van der Waals surface area (Å²) in [6.45, 7) is 10.00. The lowest BCUT2D eigenvalue weighted by atomic mass is 10.0. The van der Waals surface area contributed by atoms with E-state index in [1.165, 1.54) is 0 Å². The van der Waals surface area contributed by atoms with Crippen LogP contribution in [0.5, 0.6) is 0 Å². The third-order valence-electron chi connectivity index (χ3n) is 3.72. The highest BCUT2D eigenvalue weighted by Gasteiger charge is 2.24. The zero-order valence-electron chi connectivity index (χ0n) is 13.8. The smallest absolute Gasteiger partial charge is 0.101 e. The molecule has 1 rings (SSSR count). The van der Waals surface area contributed by atoms with Crippen LogP contribution in [0.25, 0.3) is 0 Å². The van der Waals surface area contributed by atoms with Crippen molar-refractivity contribution in [1.82, 2.24) is 5.32 Å². The van der Waals surface area contributed by atoms with E-state index in [4.69, 9.17) is 0 Å². The molecule has 0 aliphatic rings. The van der Waals surface area contributed by atoms with E-state index in [1.807, 2.05) is 44.0 Å². The molecule has 0 aliphatic carbocycles. The highest BCUT2D eigenvalue weighted by molar-refractivity contribution is 5.61. The number of aliphatic hydroxyl groups is 1. The summed E-state index contributed by atoms with van der Waals surface area (Å²) in [5.41, 5.74) is 2.20. The van der Waals surface area contributed by atoms with Gasteiger partial charge in [0.05, 0.1) is 23.4 Å². The summed E-state index contributed by atoms with van der Waals surface area (Å²) in [4.78, 5) is 1.96. The van der Waals surface area contributed by atoms with Crippen molar-refractivity contribution in [2.24, 2.45) is 5.92 Å². The van der Waals surface area contributed by atoms with Crippen LogP contribution >= 0.6 is 0 Å². The second kappa shape index (κ2) is 7.44. The first-order chi connectivity index (χ1) is 9.81. The van der Waals surface area contributed by atoms with Crippen LogP contribution in [0.2, 0.25) is 0 Å². The Balaban J connectivity index is 2.92. The molecule has 0 heterocycles. The zero-order chi connectivity index (χ0) is 16.0. The summed E-state index contributed by atoms with van der Waals surface area (Å²) in [6, 6.07) is 8.18. The van der Waals surface area contributed by atoms with E-state index in [2.05, 4.69) is 25.2 Å². The lowest BCUT2D eigenvalue weighted by Gasteiger charge is -2.36. The van der Waals surface area contributed by atoms with Crippen LogP contribution in [-0.4, -0.2) is 30.8 Å². The van der Waals surface area contributed by atoms with Crippen LogP contribution in [0, 0.1) is 17.2 Å². The molecule has 2 N–H and O–H groups in total. The number of likely N-dealkylation sites (N-methyl/N-ethyl adjacent to an activating group) is 1. The van der Waals surface area contributed by atoms with Crippen molar-refractivity contribution < 1.29 is 5.11 Å². The zero-order valence-corrected chi connectivity index (χ0v) is 13.8. The Hall–Kier alpha value is -1.57. The Morgan fingerprint density at radius 2 is 2.05 bits per heavy atom. The van der Waals surface area contributed by atoms with Crippen LogP contribution in [0.1, 0.15) is 38.8 Å². The number of hydrogen-bond donors (Lipinski definition) is 2. The average Bonchev–Trinajstić information content (AvgIpc) is 2.45. The molecular formula is C17H27N3O. The number of aliphatic hydroxyl groups excluding tert-OH is 1. The highest BCUT2D eigenvalue weighted by Crippen LogP contribution is 2.26. The minimum absolute atomic E-state index is 0.0338. The van der Waals surface area contributed by atoms with Crippen LogP contribution in [-0.2, 0) is 6.54 Å². The van der Waals surface area contributed by atoms with Gasteiger partial charge in [-0.05, 0) is 44.0 Å². The van der Waals surface area contributed by atoms with Gasteiger partial charge in [-0.15, -0.1) is 0 Å². The SMILES string of the molecule is CC(C)CNCc1ccc(N(C)C(C)(C)CO)c(C#N)c1. The van der Waals surface area contributed by atoms with Crippen LogP contribution in [0.15, 0.2) is 18.2 Å². The summed E-state index contributed by atoms with van der Waals surface area (Å²) < 4.78 is 0. The predicted molar refractivity (Wildman–Crippen MR) is 87.3 cm³/mol. The first-order valence-electron chi connectivity index (χ1n) is 7.40. The van der Waals surface area contributed by atoms with E-state index >= 15 is 0 Å². The molecule has 1 aromatic rings. The number of benzene rings is 1. The van der Waals surface area contributed by atoms with Crippen molar-refractivity contribution >= 4 is 5.69 Å². The third kappa shape index (κ3) is 4.73. The van der Waals surface area contributed by atoms with Crippen molar-refractivity contribution in [3.63, 3.8) is 0 Å². The molecule has 0 atom stereocenters. The summed E-state index contributed by atoms with van der Waals surface area (Å²) in [5, 5.41) is 22.2. The Labute approximate surface area is 128 Å². The lowest BCUT2D eigenvalue weighted by molar-refractivity contribution is 0.216. The van der Waals surface area contributed by atoms with E-state index in [1.54, 1.807) is 0 Å². The van der Waals surface area contributed by atoms with E-state index < -0.39 is 5.54 Å². The molecule has 0 saturated heterocycles. The largest absolute Gasteiger partial charge is 0.394 e. The molecule has 0 radical (unpaired) electrons. The second-order valence-corrected chi connectivity index (χ2v) is 6.52. The number of nitriles is 1. The molecule has 0 spiro atoms. The van der Waals surface area contributed by atoms with Gasteiger partial charge in [0.15, 0.2) is 0 Å². The monoisotopic (exact) mass is 289 g/mol. The fourth-order valence-electron chi connectivity index (χ4n) is 2.01. The van der Waals surface area contributed by atoms with Gasteiger partial charge in [-0.25, -0.2) is 0 Å². The van der Waals surface area contributed by atoms with Gasteiger partial charge in [-0.2, -0.15) is 5.26 Å². The molecule has 4 nitrogen and oxygen atoms in total. The predicted octanol–water partition coefficient (Wildman–Crippen LogP) is 2.51. The van der Waals surface area contributed by atoms with Gasteiger partial charge in [-0.1, -0.05) is 19.9 Å². The first kappa shape index (κ1) is 17.5. The molecule has 0 bridgehead atoms. The van der Waals surface area contributed by atoms with E-state index in [-0.39, 0.29) is 6.61 Å². The third-order valence-corrected chi connectivity index (χ3v) is 3.72. The fraction of sp³-hybridized carbons (Fsp3) is 0.588. The van der Waals surface area contributed by atoms with Crippen molar-refractivity contribution in [3.8, 4) is 6.07 Å². The Morgan fingerprint density at radius 3 is 2.57 bits per heavy atom. The standard InChI is InChI=1S/C17H27N3O/c1-13(2)10-19-11-14-6-7-16(15(8-14)9-18)20(5)17(3,4)12-21/h6-8,13,19,21H,10-12H2,1-5H3. The molecular weight excluding hydrogens is 262 g/mol. The summed E-state index contributed by atoms with van der Waals surface area (Å²) >= 11 is 0. The molecule has 0 aliphatic heterocycles. The van der Waals surface area contributed by atoms with Crippen LogP contribution in [0.4, 0.5) is 5.69 Å². The molecule has 0 unspecified atom stereocenters. The summed E-state index contributed by atoms with van der Waals surface area (Å²) in [5.74, 6) is 0.608. The number of nitrogens with one attached hydrogen (secondary N) is 1. The van der Waals surface area contributed by atoms with Crippen LogP contribution in [0.3, 0.4) is 0 Å². The molecule has 4 heteroatoms. The van der Waals surface area contributed by atoms with Gasteiger partial charge >= 0.3 is 0 Å². The quantitative estimate of drug-likeness (QED) is 0.810. The topological polar surface area (TPSA) is 59.3 Å². The molecule has 21 heavy (non-hydrogen) atoms. The maximum absolute atomic E-state index is 9.48. The van der Waals surface area contributed by atoms with Crippen molar-refractivity contribution in [2.75, 3.05) is 25.1 Å². The van der Waals surface area contributed by atoms with E-state index in [0.29, 0.717) is 11.5 Å². The average molecular weight is 289 g/mol. The number of hydrogen-bond acceptors (Lipinski definition) is 4. The highest BCUT2D eigenvalue weighted by atomic mass is 16.3. The molecule has 0 saturated carbocycles. The molecule has 116 valence electrons. The van der Waals surface area contributed by atoms with Gasteiger partial charge in [0.1, 0.15) is 6.07 Å². The van der Waals surface area contributed by atoms with Crippen molar-refractivity contribution in [3.05, 3.63) is 29.3 Å². The van der Waals surface area contributed by atoms with Crippen molar-refractivity contribution in [1.29, 1.82) is 5.26 Å². The van der Waals surface area contributed by atoms with Gasteiger partial charge in [-0.3, -0.25) is 0 Å². The summed E-state index contributed by atoms with van der Waals surface area (Å²) in [7, 11) is 1.91. The maximum atomic E-state index is 9.48. The maximum Gasteiger partial charge on any atom is 0.101 e. The van der Waals surface area contributed by atoms with Gasteiger partial charge in [0.25, 0.3) is 0 Å². The number of rotatable bonds is 7.